The molecule has 0 radical (unpaired) electrons. The van der Waals surface area contributed by atoms with E-state index in [1.165, 1.54) is 16.6 Å². The molecular weight excluding hydrogens is 335 g/mol. The Labute approximate surface area is 135 Å². The average molecular weight is 353 g/mol. The number of halogens is 2. The van der Waals surface area contributed by atoms with E-state index in [1.807, 2.05) is 0 Å². The predicted octanol–water partition coefficient (Wildman–Crippen LogP) is 2.97. The van der Waals surface area contributed by atoms with Crippen molar-refractivity contribution in [2.75, 3.05) is 20.2 Å². The molecule has 1 atom stereocenters. The van der Waals surface area contributed by atoms with Crippen LogP contribution in [0.4, 0.5) is 0 Å². The van der Waals surface area contributed by atoms with Crippen molar-refractivity contribution in [3.8, 4) is 0 Å². The van der Waals surface area contributed by atoms with E-state index in [2.05, 4.69) is 4.98 Å². The minimum absolute atomic E-state index is 0.0453. The van der Waals surface area contributed by atoms with Crippen LogP contribution in [0.5, 0.6) is 0 Å². The van der Waals surface area contributed by atoms with Gasteiger partial charge in [0.2, 0.25) is 10.0 Å². The van der Waals surface area contributed by atoms with Crippen LogP contribution >= 0.6 is 23.2 Å². The monoisotopic (exact) mass is 352 g/mol. The van der Waals surface area contributed by atoms with E-state index in [0.717, 1.165) is 25.9 Å². The summed E-state index contributed by atoms with van der Waals surface area (Å²) in [4.78, 5) is 3.83. The molecule has 0 amide bonds. The van der Waals surface area contributed by atoms with E-state index >= 15 is 0 Å². The van der Waals surface area contributed by atoms with Gasteiger partial charge in [-0.2, -0.15) is 0 Å². The fourth-order valence-electron chi connectivity index (χ4n) is 2.21. The number of aromatic nitrogens is 1. The summed E-state index contributed by atoms with van der Waals surface area (Å²) in [6.45, 7) is 1.16. The summed E-state index contributed by atoms with van der Waals surface area (Å²) in [5.41, 5.74) is 0. The third-order valence-corrected chi connectivity index (χ3v) is 6.03. The summed E-state index contributed by atoms with van der Waals surface area (Å²) in [6, 6.07) is 1.32. The molecular formula is C13H18Cl2N2O3S. The molecule has 1 aliphatic rings. The molecule has 0 aromatic carbocycles. The van der Waals surface area contributed by atoms with E-state index in [1.54, 1.807) is 7.05 Å². The molecule has 2 heterocycles. The second-order valence-electron chi connectivity index (χ2n) is 5.05. The lowest BCUT2D eigenvalue weighted by molar-refractivity contribution is 0.00950. The second kappa shape index (κ2) is 7.24. The molecule has 118 valence electrons. The SMILES string of the molecule is CN(CCC1CCCCO1)S(=O)(=O)c1cnc(Cl)c(Cl)c1. The molecule has 1 unspecified atom stereocenters. The van der Waals surface area contributed by atoms with Gasteiger partial charge in [-0.1, -0.05) is 23.2 Å². The third kappa shape index (κ3) is 4.29. The van der Waals surface area contributed by atoms with Gasteiger partial charge < -0.3 is 4.74 Å². The Balaban J connectivity index is 2.02. The zero-order chi connectivity index (χ0) is 15.5. The molecule has 0 N–H and O–H groups in total. The Bertz CT molecular complexity index is 589. The molecule has 21 heavy (non-hydrogen) atoms. The van der Waals surface area contributed by atoms with E-state index in [9.17, 15) is 8.42 Å². The summed E-state index contributed by atoms with van der Waals surface area (Å²) in [5, 5.41) is 0.218. The summed E-state index contributed by atoms with van der Waals surface area (Å²) in [5.74, 6) is 0. The number of pyridine rings is 1. The average Bonchev–Trinajstić information content (AvgIpc) is 2.48. The first-order chi connectivity index (χ1) is 9.91. The Morgan fingerprint density at radius 1 is 1.43 bits per heavy atom. The van der Waals surface area contributed by atoms with Gasteiger partial charge in [0.25, 0.3) is 0 Å². The maximum Gasteiger partial charge on any atom is 0.244 e. The van der Waals surface area contributed by atoms with Gasteiger partial charge in [-0.25, -0.2) is 17.7 Å². The molecule has 0 spiro atoms. The lowest BCUT2D eigenvalue weighted by atomic mass is 10.1. The zero-order valence-electron chi connectivity index (χ0n) is 11.8. The second-order valence-corrected chi connectivity index (χ2v) is 7.86. The van der Waals surface area contributed by atoms with Gasteiger partial charge in [0.15, 0.2) is 0 Å². The standard InChI is InChI=1S/C13H18Cl2N2O3S/c1-17(6-5-10-4-2-3-7-20-10)21(18,19)11-8-12(14)13(15)16-9-11/h8-10H,2-7H2,1H3. The van der Waals surface area contributed by atoms with Gasteiger partial charge in [-0.15, -0.1) is 0 Å². The zero-order valence-corrected chi connectivity index (χ0v) is 14.1. The quantitative estimate of drug-likeness (QED) is 0.764. The molecule has 1 aromatic heterocycles. The Morgan fingerprint density at radius 2 is 2.19 bits per heavy atom. The Kier molecular flexibility index (Phi) is 5.85. The summed E-state index contributed by atoms with van der Waals surface area (Å²) < 4.78 is 31.7. The van der Waals surface area contributed by atoms with Crippen LogP contribution in [0, 0.1) is 0 Å². The number of sulfonamides is 1. The van der Waals surface area contributed by atoms with Gasteiger partial charge in [-0.05, 0) is 31.7 Å². The van der Waals surface area contributed by atoms with Crippen LogP contribution in [0.1, 0.15) is 25.7 Å². The number of nitrogens with zero attached hydrogens (tertiary/aromatic N) is 2. The maximum absolute atomic E-state index is 12.4. The van der Waals surface area contributed by atoms with Crippen LogP contribution in [0.3, 0.4) is 0 Å². The van der Waals surface area contributed by atoms with Crippen molar-refractivity contribution in [3.63, 3.8) is 0 Å². The lowest BCUT2D eigenvalue weighted by Gasteiger charge is -2.25. The van der Waals surface area contributed by atoms with Crippen molar-refractivity contribution >= 4 is 33.2 Å². The molecule has 8 heteroatoms. The summed E-state index contributed by atoms with van der Waals surface area (Å²) in [7, 11) is -2.06. The van der Waals surface area contributed by atoms with E-state index in [0.29, 0.717) is 13.0 Å². The van der Waals surface area contributed by atoms with Crippen molar-refractivity contribution < 1.29 is 13.2 Å². The van der Waals surface area contributed by atoms with Crippen LogP contribution in [-0.4, -0.2) is 44.0 Å². The van der Waals surface area contributed by atoms with E-state index in [-0.39, 0.29) is 21.2 Å². The minimum Gasteiger partial charge on any atom is -0.378 e. The molecule has 1 fully saturated rings. The van der Waals surface area contributed by atoms with Crippen LogP contribution in [-0.2, 0) is 14.8 Å². The van der Waals surface area contributed by atoms with E-state index < -0.39 is 10.0 Å². The molecule has 0 aliphatic carbocycles. The summed E-state index contributed by atoms with van der Waals surface area (Å²) >= 11 is 11.5. The van der Waals surface area contributed by atoms with Crippen molar-refractivity contribution in [1.29, 1.82) is 0 Å². The van der Waals surface area contributed by atoms with Gasteiger partial charge in [0, 0.05) is 26.4 Å². The number of ether oxygens (including phenoxy) is 1. The van der Waals surface area contributed by atoms with Crippen molar-refractivity contribution in [2.24, 2.45) is 0 Å². The first-order valence-electron chi connectivity index (χ1n) is 6.80. The number of rotatable bonds is 5. The highest BCUT2D eigenvalue weighted by molar-refractivity contribution is 7.89. The third-order valence-electron chi connectivity index (χ3n) is 3.52. The van der Waals surface area contributed by atoms with Crippen molar-refractivity contribution in [1.82, 2.24) is 9.29 Å². The largest absolute Gasteiger partial charge is 0.378 e. The van der Waals surface area contributed by atoms with Gasteiger partial charge in [0.1, 0.15) is 10.0 Å². The highest BCUT2D eigenvalue weighted by atomic mass is 35.5. The highest BCUT2D eigenvalue weighted by Gasteiger charge is 2.23. The van der Waals surface area contributed by atoms with Crippen molar-refractivity contribution in [3.05, 3.63) is 22.4 Å². The lowest BCUT2D eigenvalue weighted by Crippen LogP contribution is -2.31. The number of hydrogen-bond acceptors (Lipinski definition) is 4. The Morgan fingerprint density at radius 3 is 2.81 bits per heavy atom. The fourth-order valence-corrected chi connectivity index (χ4v) is 3.70. The minimum atomic E-state index is -3.61. The molecule has 5 nitrogen and oxygen atoms in total. The molecule has 1 aliphatic heterocycles. The van der Waals surface area contributed by atoms with Gasteiger partial charge in [-0.3, -0.25) is 0 Å². The first-order valence-corrected chi connectivity index (χ1v) is 9.00. The van der Waals surface area contributed by atoms with Gasteiger partial charge in [0.05, 0.1) is 11.1 Å². The smallest absolute Gasteiger partial charge is 0.244 e. The van der Waals surface area contributed by atoms with E-state index in [4.69, 9.17) is 27.9 Å². The number of hydrogen-bond donors (Lipinski definition) is 0. The highest BCUT2D eigenvalue weighted by Crippen LogP contribution is 2.24. The first kappa shape index (κ1) is 17.0. The predicted molar refractivity (Wildman–Crippen MR) is 82.3 cm³/mol. The molecule has 1 saturated heterocycles. The summed E-state index contributed by atoms with van der Waals surface area (Å²) in [6.07, 6.45) is 5.25. The molecule has 2 rings (SSSR count). The molecule has 0 bridgehead atoms. The van der Waals surface area contributed by atoms with Gasteiger partial charge >= 0.3 is 0 Å². The molecule has 0 saturated carbocycles. The van der Waals surface area contributed by atoms with Crippen LogP contribution in [0.25, 0.3) is 0 Å². The maximum atomic E-state index is 12.4. The van der Waals surface area contributed by atoms with Crippen molar-refractivity contribution in [2.45, 2.75) is 36.7 Å². The van der Waals surface area contributed by atoms with Crippen LogP contribution < -0.4 is 0 Å². The fraction of sp³-hybridized carbons (Fsp3) is 0.615. The molecule has 1 aromatic rings. The topological polar surface area (TPSA) is 59.5 Å². The normalized spacial score (nSPS) is 19.9. The van der Waals surface area contributed by atoms with Crippen LogP contribution in [0.2, 0.25) is 10.2 Å². The van der Waals surface area contributed by atoms with Crippen LogP contribution in [0.15, 0.2) is 17.2 Å². The Hall–Kier alpha value is -0.400.